The topological polar surface area (TPSA) is 62.1 Å². The summed E-state index contributed by atoms with van der Waals surface area (Å²) >= 11 is 0. The summed E-state index contributed by atoms with van der Waals surface area (Å²) in [6.45, 7) is 3.01. The van der Waals surface area contributed by atoms with Gasteiger partial charge in [0.15, 0.2) is 5.41 Å². The predicted molar refractivity (Wildman–Crippen MR) is 66.8 cm³/mol. The first-order valence-corrected chi connectivity index (χ1v) is 6.00. The quantitative estimate of drug-likeness (QED) is 0.865. The van der Waals surface area contributed by atoms with Crippen LogP contribution in [0.1, 0.15) is 11.1 Å². The van der Waals surface area contributed by atoms with Crippen LogP contribution in [-0.2, 0) is 16.0 Å². The molecule has 1 aromatic carbocycles. The summed E-state index contributed by atoms with van der Waals surface area (Å²) in [5, 5.41) is 11.8. The molecule has 1 fully saturated rings. The second kappa shape index (κ2) is 5.19. The minimum atomic E-state index is -0.953. The molecule has 18 heavy (non-hydrogen) atoms. The molecule has 4 nitrogen and oxygen atoms in total. The summed E-state index contributed by atoms with van der Waals surface area (Å²) in [6.07, 6.45) is 0.779. The van der Waals surface area contributed by atoms with Gasteiger partial charge < -0.3 is 10.1 Å². The Balaban J connectivity index is 1.85. The molecule has 0 bridgehead atoms. The van der Waals surface area contributed by atoms with Gasteiger partial charge in [-0.25, -0.2) is 0 Å². The third-order valence-corrected chi connectivity index (χ3v) is 3.29. The molecule has 0 aliphatic carbocycles. The fourth-order valence-electron chi connectivity index (χ4n) is 1.92. The van der Waals surface area contributed by atoms with E-state index in [1.165, 1.54) is 11.1 Å². The van der Waals surface area contributed by atoms with Gasteiger partial charge in [-0.05, 0) is 24.5 Å². The molecule has 1 aliphatic rings. The minimum Gasteiger partial charge on any atom is -0.377 e. The molecule has 1 amide bonds. The Labute approximate surface area is 107 Å². The van der Waals surface area contributed by atoms with E-state index in [0.29, 0.717) is 6.54 Å². The van der Waals surface area contributed by atoms with Crippen molar-refractivity contribution < 1.29 is 9.53 Å². The normalized spacial score (nSPS) is 16.4. The lowest BCUT2D eigenvalue weighted by Crippen LogP contribution is -2.53. The van der Waals surface area contributed by atoms with E-state index < -0.39 is 5.41 Å². The van der Waals surface area contributed by atoms with E-state index in [0.717, 1.165) is 6.42 Å². The van der Waals surface area contributed by atoms with E-state index in [2.05, 4.69) is 5.32 Å². The molecule has 1 saturated heterocycles. The number of nitriles is 1. The van der Waals surface area contributed by atoms with Crippen molar-refractivity contribution in [2.75, 3.05) is 19.8 Å². The number of hydrogen-bond acceptors (Lipinski definition) is 3. The highest BCUT2D eigenvalue weighted by Gasteiger charge is 2.46. The van der Waals surface area contributed by atoms with Crippen LogP contribution in [0.3, 0.4) is 0 Å². The first-order valence-electron chi connectivity index (χ1n) is 6.00. The zero-order valence-corrected chi connectivity index (χ0v) is 10.4. The number of ether oxygens (including phenoxy) is 1. The molecular weight excluding hydrogens is 228 g/mol. The summed E-state index contributed by atoms with van der Waals surface area (Å²) in [5.74, 6) is -0.218. The number of carbonyl (C=O) groups is 1. The lowest BCUT2D eigenvalue weighted by Gasteiger charge is -2.33. The molecule has 0 atom stereocenters. The second-order valence-corrected chi connectivity index (χ2v) is 4.62. The van der Waals surface area contributed by atoms with Crippen molar-refractivity contribution in [1.82, 2.24) is 5.32 Å². The van der Waals surface area contributed by atoms with Crippen molar-refractivity contribution >= 4 is 5.91 Å². The molecule has 0 spiro atoms. The molecule has 4 heteroatoms. The van der Waals surface area contributed by atoms with Crippen molar-refractivity contribution in [3.63, 3.8) is 0 Å². The van der Waals surface area contributed by atoms with Gasteiger partial charge in [0, 0.05) is 6.54 Å². The molecular formula is C14H16N2O2. The second-order valence-electron chi connectivity index (χ2n) is 4.62. The van der Waals surface area contributed by atoms with E-state index in [1.807, 2.05) is 37.3 Å². The first-order chi connectivity index (χ1) is 8.68. The van der Waals surface area contributed by atoms with Crippen LogP contribution in [0.25, 0.3) is 0 Å². The fraction of sp³-hybridized carbons (Fsp3) is 0.429. The van der Waals surface area contributed by atoms with Crippen LogP contribution in [0.2, 0.25) is 0 Å². The Morgan fingerprint density at radius 2 is 2.22 bits per heavy atom. The lowest BCUT2D eigenvalue weighted by molar-refractivity contribution is -0.149. The third kappa shape index (κ3) is 2.36. The zero-order chi connectivity index (χ0) is 13.0. The predicted octanol–water partition coefficient (Wildman–Crippen LogP) is 1.19. The van der Waals surface area contributed by atoms with Crippen molar-refractivity contribution in [3.8, 4) is 6.07 Å². The molecule has 0 radical (unpaired) electrons. The number of nitrogens with one attached hydrogen (secondary N) is 1. The molecule has 1 aliphatic heterocycles. The summed E-state index contributed by atoms with van der Waals surface area (Å²) in [4.78, 5) is 11.8. The minimum absolute atomic E-state index is 0.208. The Bertz CT molecular complexity index is 487. The van der Waals surface area contributed by atoms with E-state index in [1.54, 1.807) is 0 Å². The van der Waals surface area contributed by atoms with Gasteiger partial charge in [0.1, 0.15) is 0 Å². The highest BCUT2D eigenvalue weighted by molar-refractivity contribution is 5.86. The van der Waals surface area contributed by atoms with E-state index in [9.17, 15) is 4.79 Å². The summed E-state index contributed by atoms with van der Waals surface area (Å²) in [6, 6.07) is 10.1. The number of carbonyl (C=O) groups excluding carboxylic acids is 1. The van der Waals surface area contributed by atoms with Gasteiger partial charge in [0.05, 0.1) is 19.3 Å². The van der Waals surface area contributed by atoms with E-state index in [4.69, 9.17) is 10.00 Å². The summed E-state index contributed by atoms with van der Waals surface area (Å²) in [7, 11) is 0. The smallest absolute Gasteiger partial charge is 0.245 e. The SMILES string of the molecule is Cc1ccccc1CCNC(=O)C1(C#N)COC1. The highest BCUT2D eigenvalue weighted by Crippen LogP contribution is 2.26. The molecule has 2 rings (SSSR count). The number of hydrogen-bond donors (Lipinski definition) is 1. The van der Waals surface area contributed by atoms with Crippen LogP contribution in [0, 0.1) is 23.7 Å². The highest BCUT2D eigenvalue weighted by atomic mass is 16.5. The number of benzene rings is 1. The molecule has 1 N–H and O–H groups in total. The van der Waals surface area contributed by atoms with Crippen LogP contribution < -0.4 is 5.32 Å². The van der Waals surface area contributed by atoms with E-state index in [-0.39, 0.29) is 19.1 Å². The van der Waals surface area contributed by atoms with Crippen molar-refractivity contribution in [1.29, 1.82) is 5.26 Å². The van der Waals surface area contributed by atoms with Gasteiger partial charge in [0.25, 0.3) is 0 Å². The maximum absolute atomic E-state index is 11.8. The van der Waals surface area contributed by atoms with Gasteiger partial charge in [-0.3, -0.25) is 4.79 Å². The van der Waals surface area contributed by atoms with Crippen molar-refractivity contribution in [2.45, 2.75) is 13.3 Å². The van der Waals surface area contributed by atoms with E-state index >= 15 is 0 Å². The standard InChI is InChI=1S/C14H16N2O2/c1-11-4-2-3-5-12(11)6-7-16-13(17)14(8-15)9-18-10-14/h2-5H,6-7,9-10H2,1H3,(H,16,17). The summed E-state index contributed by atoms with van der Waals surface area (Å²) < 4.78 is 4.95. The summed E-state index contributed by atoms with van der Waals surface area (Å²) in [5.41, 5.74) is 1.48. The molecule has 0 saturated carbocycles. The van der Waals surface area contributed by atoms with Crippen LogP contribution in [0.15, 0.2) is 24.3 Å². The average Bonchev–Trinajstić information content (AvgIpc) is 2.31. The van der Waals surface area contributed by atoms with Gasteiger partial charge in [-0.2, -0.15) is 5.26 Å². The lowest BCUT2D eigenvalue weighted by atomic mass is 9.87. The van der Waals surface area contributed by atoms with Crippen LogP contribution in [-0.4, -0.2) is 25.7 Å². The van der Waals surface area contributed by atoms with Crippen molar-refractivity contribution in [2.24, 2.45) is 5.41 Å². The number of rotatable bonds is 4. The largest absolute Gasteiger partial charge is 0.377 e. The molecule has 0 unspecified atom stereocenters. The number of amides is 1. The Hall–Kier alpha value is -1.86. The average molecular weight is 244 g/mol. The monoisotopic (exact) mass is 244 g/mol. The fourth-order valence-corrected chi connectivity index (χ4v) is 1.92. The van der Waals surface area contributed by atoms with Gasteiger partial charge in [-0.1, -0.05) is 24.3 Å². The number of nitrogens with zero attached hydrogens (tertiary/aromatic N) is 1. The van der Waals surface area contributed by atoms with Gasteiger partial charge >= 0.3 is 0 Å². The Morgan fingerprint density at radius 3 is 2.78 bits per heavy atom. The molecule has 94 valence electrons. The third-order valence-electron chi connectivity index (χ3n) is 3.29. The molecule has 1 aromatic rings. The van der Waals surface area contributed by atoms with Crippen LogP contribution in [0.4, 0.5) is 0 Å². The Kier molecular flexibility index (Phi) is 3.63. The first kappa shape index (κ1) is 12.6. The Morgan fingerprint density at radius 1 is 1.50 bits per heavy atom. The maximum atomic E-state index is 11.8. The van der Waals surface area contributed by atoms with Gasteiger partial charge in [0.2, 0.25) is 5.91 Å². The molecule has 1 heterocycles. The number of aryl methyl sites for hydroxylation is 1. The molecule has 0 aromatic heterocycles. The van der Waals surface area contributed by atoms with Crippen LogP contribution in [0.5, 0.6) is 0 Å². The van der Waals surface area contributed by atoms with Crippen molar-refractivity contribution in [3.05, 3.63) is 35.4 Å². The maximum Gasteiger partial charge on any atom is 0.245 e. The zero-order valence-electron chi connectivity index (χ0n) is 10.4. The van der Waals surface area contributed by atoms with Crippen LogP contribution >= 0.6 is 0 Å². The van der Waals surface area contributed by atoms with Gasteiger partial charge in [-0.15, -0.1) is 0 Å².